The van der Waals surface area contributed by atoms with Crippen LogP contribution in [-0.4, -0.2) is 46.6 Å². The van der Waals surface area contributed by atoms with E-state index in [0.29, 0.717) is 13.0 Å². The second kappa shape index (κ2) is 5.26. The normalized spacial score (nSPS) is 31.8. The highest BCUT2D eigenvalue weighted by Gasteiger charge is 2.46. The zero-order valence-electron chi connectivity index (χ0n) is 10.9. The van der Waals surface area contributed by atoms with Gasteiger partial charge in [-0.3, -0.25) is 4.79 Å². The molecule has 2 heterocycles. The van der Waals surface area contributed by atoms with Gasteiger partial charge >= 0.3 is 5.97 Å². The zero-order valence-corrected chi connectivity index (χ0v) is 10.9. The summed E-state index contributed by atoms with van der Waals surface area (Å²) in [6.07, 6.45) is 4.95. The predicted octanol–water partition coefficient (Wildman–Crippen LogP) is 0.984. The van der Waals surface area contributed by atoms with Crippen LogP contribution in [0.25, 0.3) is 0 Å². The van der Waals surface area contributed by atoms with Crippen LogP contribution in [0.4, 0.5) is 0 Å². The van der Waals surface area contributed by atoms with Crippen molar-refractivity contribution in [2.45, 2.75) is 57.0 Å². The molecule has 0 aromatic rings. The van der Waals surface area contributed by atoms with Crippen LogP contribution in [0.15, 0.2) is 0 Å². The number of hydrogen-bond donors (Lipinski definition) is 2. The Hall–Kier alpha value is -1.10. The molecule has 0 radical (unpaired) electrons. The molecule has 0 aromatic carbocycles. The molecule has 2 rings (SSSR count). The molecule has 2 aliphatic heterocycles. The molecule has 5 nitrogen and oxygen atoms in total. The summed E-state index contributed by atoms with van der Waals surface area (Å²) in [7, 11) is 0. The number of hydrogen-bond acceptors (Lipinski definition) is 3. The Morgan fingerprint density at radius 1 is 1.44 bits per heavy atom. The second-order valence-electron chi connectivity index (χ2n) is 5.36. The van der Waals surface area contributed by atoms with Crippen LogP contribution in [-0.2, 0) is 9.59 Å². The van der Waals surface area contributed by atoms with Crippen LogP contribution >= 0.6 is 0 Å². The van der Waals surface area contributed by atoms with Crippen molar-refractivity contribution in [3.63, 3.8) is 0 Å². The monoisotopic (exact) mass is 254 g/mol. The second-order valence-corrected chi connectivity index (χ2v) is 5.36. The Kier molecular flexibility index (Phi) is 3.90. The fraction of sp³-hybridized carbons (Fsp3) is 0.846. The number of carboxylic acid groups (broad SMARTS) is 1. The van der Waals surface area contributed by atoms with E-state index in [1.54, 1.807) is 4.90 Å². The van der Waals surface area contributed by atoms with Gasteiger partial charge in [0.25, 0.3) is 0 Å². The highest BCUT2D eigenvalue weighted by Crippen LogP contribution is 2.30. The Bertz CT molecular complexity index is 337. The first kappa shape index (κ1) is 13.3. The van der Waals surface area contributed by atoms with Crippen molar-refractivity contribution in [2.75, 3.05) is 13.1 Å². The number of amides is 1. The van der Waals surface area contributed by atoms with Crippen LogP contribution in [0.3, 0.4) is 0 Å². The number of rotatable bonds is 4. The van der Waals surface area contributed by atoms with E-state index >= 15 is 0 Å². The van der Waals surface area contributed by atoms with Gasteiger partial charge in [-0.25, -0.2) is 4.79 Å². The molecule has 0 saturated carbocycles. The van der Waals surface area contributed by atoms with Crippen molar-refractivity contribution in [3.05, 3.63) is 0 Å². The Morgan fingerprint density at radius 3 is 2.78 bits per heavy atom. The average Bonchev–Trinajstić information content (AvgIpc) is 2.97. The first-order valence-corrected chi connectivity index (χ1v) is 6.89. The molecule has 102 valence electrons. The number of carbonyl (C=O) groups excluding carboxylic acids is 1. The highest BCUT2D eigenvalue weighted by atomic mass is 16.4. The van der Waals surface area contributed by atoms with E-state index in [9.17, 15) is 14.7 Å². The lowest BCUT2D eigenvalue weighted by molar-refractivity contribution is -0.151. The Labute approximate surface area is 108 Å². The van der Waals surface area contributed by atoms with Gasteiger partial charge in [-0.2, -0.15) is 0 Å². The molecule has 2 aliphatic rings. The van der Waals surface area contributed by atoms with E-state index in [2.05, 4.69) is 12.2 Å². The van der Waals surface area contributed by atoms with Gasteiger partial charge < -0.3 is 15.3 Å². The molecule has 5 heteroatoms. The van der Waals surface area contributed by atoms with Crippen molar-refractivity contribution < 1.29 is 14.7 Å². The minimum atomic E-state index is -0.870. The molecule has 2 fully saturated rings. The lowest BCUT2D eigenvalue weighted by atomic mass is 9.90. The molecule has 2 saturated heterocycles. The number of carbonyl (C=O) groups is 2. The summed E-state index contributed by atoms with van der Waals surface area (Å²) < 4.78 is 0. The molecule has 1 amide bonds. The third kappa shape index (κ3) is 2.23. The van der Waals surface area contributed by atoms with Crippen LogP contribution in [0.5, 0.6) is 0 Å². The summed E-state index contributed by atoms with van der Waals surface area (Å²) in [6.45, 7) is 3.51. The number of carboxylic acids is 1. The summed E-state index contributed by atoms with van der Waals surface area (Å²) in [6, 6.07) is -0.617. The van der Waals surface area contributed by atoms with Crippen molar-refractivity contribution in [2.24, 2.45) is 0 Å². The van der Waals surface area contributed by atoms with E-state index in [0.717, 1.165) is 38.6 Å². The number of likely N-dealkylation sites (tertiary alicyclic amines) is 1. The Balaban J connectivity index is 2.15. The maximum absolute atomic E-state index is 12.7. The minimum Gasteiger partial charge on any atom is -0.480 e. The van der Waals surface area contributed by atoms with Gasteiger partial charge in [0.1, 0.15) is 6.04 Å². The molecular formula is C13H22N2O3. The largest absolute Gasteiger partial charge is 0.480 e. The predicted molar refractivity (Wildman–Crippen MR) is 67.2 cm³/mol. The molecule has 0 aliphatic carbocycles. The van der Waals surface area contributed by atoms with Gasteiger partial charge in [-0.05, 0) is 38.6 Å². The van der Waals surface area contributed by atoms with E-state index < -0.39 is 17.6 Å². The quantitative estimate of drug-likeness (QED) is 0.785. The van der Waals surface area contributed by atoms with Crippen LogP contribution in [0.1, 0.15) is 45.4 Å². The molecule has 0 spiro atoms. The average molecular weight is 254 g/mol. The summed E-state index contributed by atoms with van der Waals surface area (Å²) >= 11 is 0. The fourth-order valence-corrected chi connectivity index (χ4v) is 3.28. The zero-order chi connectivity index (χ0) is 13.2. The van der Waals surface area contributed by atoms with Gasteiger partial charge in [-0.1, -0.05) is 13.3 Å². The SMILES string of the molecule is CCCC1(C(=O)N2CCC[C@H]2C(=O)O)CCCN1. The van der Waals surface area contributed by atoms with E-state index in [1.165, 1.54) is 0 Å². The summed E-state index contributed by atoms with van der Waals surface area (Å²) in [5, 5.41) is 12.5. The van der Waals surface area contributed by atoms with Crippen LogP contribution in [0, 0.1) is 0 Å². The first-order valence-electron chi connectivity index (χ1n) is 6.89. The molecule has 0 bridgehead atoms. The summed E-state index contributed by atoms with van der Waals surface area (Å²) in [5.74, 6) is -0.864. The standard InChI is InChI=1S/C13H22N2O3/c1-2-6-13(7-4-8-14-13)12(18)15-9-3-5-10(15)11(16)17/h10,14H,2-9H2,1H3,(H,16,17)/t10-,13?/m0/s1. The van der Waals surface area contributed by atoms with Crippen molar-refractivity contribution in [3.8, 4) is 0 Å². The number of nitrogens with zero attached hydrogens (tertiary/aromatic N) is 1. The minimum absolute atomic E-state index is 0.00625. The molecule has 1 unspecified atom stereocenters. The van der Waals surface area contributed by atoms with E-state index in [1.807, 2.05) is 0 Å². The van der Waals surface area contributed by atoms with Gasteiger partial charge in [-0.15, -0.1) is 0 Å². The summed E-state index contributed by atoms with van der Waals surface area (Å²) in [5.41, 5.74) is -0.493. The molecule has 0 aromatic heterocycles. The van der Waals surface area contributed by atoms with Gasteiger partial charge in [0.05, 0.1) is 5.54 Å². The third-order valence-corrected chi connectivity index (χ3v) is 4.13. The molecular weight excluding hydrogens is 232 g/mol. The van der Waals surface area contributed by atoms with Gasteiger partial charge in [0.15, 0.2) is 0 Å². The number of aliphatic carboxylic acids is 1. The van der Waals surface area contributed by atoms with Crippen LogP contribution in [0.2, 0.25) is 0 Å². The van der Waals surface area contributed by atoms with E-state index in [4.69, 9.17) is 0 Å². The summed E-state index contributed by atoms with van der Waals surface area (Å²) in [4.78, 5) is 25.4. The van der Waals surface area contributed by atoms with Gasteiger partial charge in [0, 0.05) is 6.54 Å². The topological polar surface area (TPSA) is 69.6 Å². The third-order valence-electron chi connectivity index (χ3n) is 4.13. The van der Waals surface area contributed by atoms with Crippen molar-refractivity contribution in [1.82, 2.24) is 10.2 Å². The molecule has 2 atom stereocenters. The Morgan fingerprint density at radius 2 is 2.22 bits per heavy atom. The van der Waals surface area contributed by atoms with Crippen molar-refractivity contribution >= 4 is 11.9 Å². The maximum Gasteiger partial charge on any atom is 0.326 e. The lowest BCUT2D eigenvalue weighted by Crippen LogP contribution is -2.57. The maximum atomic E-state index is 12.7. The van der Waals surface area contributed by atoms with Gasteiger partial charge in [0.2, 0.25) is 5.91 Å². The lowest BCUT2D eigenvalue weighted by Gasteiger charge is -2.34. The van der Waals surface area contributed by atoms with E-state index in [-0.39, 0.29) is 5.91 Å². The molecule has 18 heavy (non-hydrogen) atoms. The number of nitrogens with one attached hydrogen (secondary N) is 1. The first-order chi connectivity index (χ1) is 8.60. The fourth-order valence-electron chi connectivity index (χ4n) is 3.28. The smallest absolute Gasteiger partial charge is 0.326 e. The van der Waals surface area contributed by atoms with Crippen molar-refractivity contribution in [1.29, 1.82) is 0 Å². The molecule has 2 N–H and O–H groups in total. The van der Waals surface area contributed by atoms with Crippen LogP contribution < -0.4 is 5.32 Å². The highest BCUT2D eigenvalue weighted by molar-refractivity contribution is 5.91.